The Morgan fingerprint density at radius 3 is 2.71 bits per heavy atom. The van der Waals surface area contributed by atoms with E-state index in [0.29, 0.717) is 30.2 Å². The third-order valence-electron chi connectivity index (χ3n) is 3.37. The van der Waals surface area contributed by atoms with Crippen LogP contribution in [0.5, 0.6) is 0 Å². The Morgan fingerprint density at radius 1 is 1.38 bits per heavy atom. The average molecular weight is 353 g/mol. The van der Waals surface area contributed by atoms with Gasteiger partial charge in [-0.3, -0.25) is 19.8 Å². The summed E-state index contributed by atoms with van der Waals surface area (Å²) in [5, 5.41) is 19.9. The van der Waals surface area contributed by atoms with Crippen molar-refractivity contribution < 1.29 is 19.2 Å². The molecule has 0 saturated carbocycles. The Morgan fingerprint density at radius 2 is 2.12 bits per heavy atom. The van der Waals surface area contributed by atoms with Crippen molar-refractivity contribution >= 4 is 23.3 Å². The normalized spacial score (nSPS) is 11.0. The van der Waals surface area contributed by atoms with E-state index < -0.39 is 10.9 Å². The fourth-order valence-corrected chi connectivity index (χ4v) is 2.63. The number of aliphatic carboxylic acids is 1. The summed E-state index contributed by atoms with van der Waals surface area (Å²) >= 11 is 6.09. The summed E-state index contributed by atoms with van der Waals surface area (Å²) in [6.45, 7) is 2.91. The molecule has 128 valence electrons. The van der Waals surface area contributed by atoms with E-state index in [4.69, 9.17) is 21.1 Å². The van der Waals surface area contributed by atoms with Gasteiger partial charge in [0, 0.05) is 17.7 Å². The van der Waals surface area contributed by atoms with Crippen molar-refractivity contribution in [3.8, 4) is 11.3 Å². The molecule has 8 heteroatoms. The van der Waals surface area contributed by atoms with Crippen molar-refractivity contribution in [2.45, 2.75) is 19.9 Å². The van der Waals surface area contributed by atoms with Gasteiger partial charge in [0.1, 0.15) is 11.5 Å². The highest BCUT2D eigenvalue weighted by Gasteiger charge is 2.15. The smallest absolute Gasteiger partial charge is 0.317 e. The van der Waals surface area contributed by atoms with Gasteiger partial charge >= 0.3 is 5.97 Å². The number of rotatable bonds is 8. The number of carbonyl (C=O) groups is 1. The Bertz CT molecular complexity index is 744. The lowest BCUT2D eigenvalue weighted by atomic mass is 10.1. The Labute approximate surface area is 143 Å². The van der Waals surface area contributed by atoms with E-state index in [1.807, 2.05) is 6.92 Å². The fraction of sp³-hybridized carbons (Fsp3) is 0.312. The highest BCUT2D eigenvalue weighted by molar-refractivity contribution is 6.33. The Hall–Kier alpha value is -2.38. The lowest BCUT2D eigenvalue weighted by molar-refractivity contribution is -0.384. The molecule has 0 atom stereocenters. The summed E-state index contributed by atoms with van der Waals surface area (Å²) in [7, 11) is 0. The minimum atomic E-state index is -0.895. The largest absolute Gasteiger partial charge is 0.480 e. The first-order valence-corrected chi connectivity index (χ1v) is 7.75. The van der Waals surface area contributed by atoms with Gasteiger partial charge in [0.05, 0.1) is 23.0 Å². The van der Waals surface area contributed by atoms with Crippen molar-refractivity contribution in [2.75, 3.05) is 13.1 Å². The van der Waals surface area contributed by atoms with E-state index in [2.05, 4.69) is 0 Å². The second-order valence-electron chi connectivity index (χ2n) is 5.29. The summed E-state index contributed by atoms with van der Waals surface area (Å²) in [5.41, 5.74) is 0.458. The molecule has 1 heterocycles. The number of non-ortho nitro benzene ring substituents is 1. The van der Waals surface area contributed by atoms with Gasteiger partial charge in [-0.2, -0.15) is 0 Å². The minimum Gasteiger partial charge on any atom is -0.480 e. The number of benzene rings is 1. The summed E-state index contributed by atoms with van der Waals surface area (Å²) in [6, 6.07) is 7.62. The summed E-state index contributed by atoms with van der Waals surface area (Å²) in [6.07, 6.45) is 0.828. The SMILES string of the molecule is CCCN(CC(=O)O)Cc1ccc(-c2ccc([N+](=O)[O-])cc2Cl)o1. The van der Waals surface area contributed by atoms with E-state index in [0.717, 1.165) is 6.42 Å². The number of hydrogen-bond acceptors (Lipinski definition) is 5. The maximum atomic E-state index is 10.9. The predicted molar refractivity (Wildman–Crippen MR) is 89.0 cm³/mol. The van der Waals surface area contributed by atoms with Gasteiger partial charge in [-0.1, -0.05) is 18.5 Å². The topological polar surface area (TPSA) is 96.8 Å². The number of carboxylic acids is 1. The summed E-state index contributed by atoms with van der Waals surface area (Å²) < 4.78 is 5.72. The molecule has 24 heavy (non-hydrogen) atoms. The molecular weight excluding hydrogens is 336 g/mol. The molecule has 1 aromatic carbocycles. The van der Waals surface area contributed by atoms with Crippen LogP contribution >= 0.6 is 11.6 Å². The number of furan rings is 1. The van der Waals surface area contributed by atoms with E-state index >= 15 is 0 Å². The molecule has 0 saturated heterocycles. The Kier molecular flexibility index (Phi) is 5.94. The molecule has 1 aromatic heterocycles. The van der Waals surface area contributed by atoms with Crippen LogP contribution in [0, 0.1) is 10.1 Å². The number of nitro groups is 1. The van der Waals surface area contributed by atoms with Crippen LogP contribution in [-0.2, 0) is 11.3 Å². The molecule has 0 aliphatic heterocycles. The van der Waals surface area contributed by atoms with E-state index in [-0.39, 0.29) is 17.3 Å². The molecule has 0 spiro atoms. The molecule has 0 fully saturated rings. The van der Waals surface area contributed by atoms with E-state index in [1.165, 1.54) is 18.2 Å². The lowest BCUT2D eigenvalue weighted by Gasteiger charge is -2.17. The van der Waals surface area contributed by atoms with Gasteiger partial charge in [-0.05, 0) is 31.2 Å². The molecule has 0 unspecified atom stereocenters. The number of carboxylic acid groups (broad SMARTS) is 1. The second-order valence-corrected chi connectivity index (χ2v) is 5.70. The van der Waals surface area contributed by atoms with Crippen molar-refractivity contribution in [1.82, 2.24) is 4.90 Å². The van der Waals surface area contributed by atoms with Crippen molar-refractivity contribution in [2.24, 2.45) is 0 Å². The monoisotopic (exact) mass is 352 g/mol. The standard InChI is InChI=1S/C16H17ClN2O5/c1-2-7-18(10-16(20)21)9-12-4-6-15(24-12)13-5-3-11(19(22)23)8-14(13)17/h3-6,8H,2,7,9-10H2,1H3,(H,20,21). The molecule has 0 amide bonds. The molecule has 0 aliphatic rings. The van der Waals surface area contributed by atoms with E-state index in [1.54, 1.807) is 17.0 Å². The zero-order chi connectivity index (χ0) is 17.7. The van der Waals surface area contributed by atoms with Crippen LogP contribution < -0.4 is 0 Å². The first-order valence-electron chi connectivity index (χ1n) is 7.38. The quantitative estimate of drug-likeness (QED) is 0.573. The van der Waals surface area contributed by atoms with Crippen LogP contribution in [0.4, 0.5) is 5.69 Å². The van der Waals surface area contributed by atoms with Crippen LogP contribution in [0.25, 0.3) is 11.3 Å². The first-order chi connectivity index (χ1) is 11.4. The highest BCUT2D eigenvalue weighted by atomic mass is 35.5. The lowest BCUT2D eigenvalue weighted by Crippen LogP contribution is -2.29. The molecule has 2 aromatic rings. The highest BCUT2D eigenvalue weighted by Crippen LogP contribution is 2.32. The Balaban J connectivity index is 2.18. The molecule has 0 radical (unpaired) electrons. The van der Waals surface area contributed by atoms with Gasteiger partial charge in [-0.15, -0.1) is 0 Å². The van der Waals surface area contributed by atoms with Gasteiger partial charge in [0.2, 0.25) is 0 Å². The van der Waals surface area contributed by atoms with Gasteiger partial charge in [0.15, 0.2) is 0 Å². The maximum absolute atomic E-state index is 10.9. The predicted octanol–water partition coefficient (Wildman–Crippen LogP) is 3.80. The fourth-order valence-electron chi connectivity index (χ4n) is 2.37. The number of halogens is 1. The van der Waals surface area contributed by atoms with Gasteiger partial charge < -0.3 is 9.52 Å². The van der Waals surface area contributed by atoms with Crippen LogP contribution in [0.15, 0.2) is 34.7 Å². The van der Waals surface area contributed by atoms with Crippen LogP contribution in [0.1, 0.15) is 19.1 Å². The minimum absolute atomic E-state index is 0.0673. The third kappa shape index (κ3) is 4.56. The molecule has 1 N–H and O–H groups in total. The average Bonchev–Trinajstić information content (AvgIpc) is 2.94. The number of hydrogen-bond donors (Lipinski definition) is 1. The second kappa shape index (κ2) is 7.94. The summed E-state index contributed by atoms with van der Waals surface area (Å²) in [5.74, 6) is 0.194. The van der Waals surface area contributed by atoms with Crippen LogP contribution in [0.2, 0.25) is 5.02 Å². The zero-order valence-corrected chi connectivity index (χ0v) is 13.8. The maximum Gasteiger partial charge on any atom is 0.317 e. The molecular formula is C16H17ClN2O5. The number of nitrogens with zero attached hydrogens (tertiary/aromatic N) is 2. The summed E-state index contributed by atoms with van der Waals surface area (Å²) in [4.78, 5) is 22.9. The molecule has 0 bridgehead atoms. The van der Waals surface area contributed by atoms with Crippen molar-refractivity contribution in [1.29, 1.82) is 0 Å². The first kappa shape index (κ1) is 18.0. The van der Waals surface area contributed by atoms with Gasteiger partial charge in [0.25, 0.3) is 5.69 Å². The number of nitro benzene ring substituents is 1. The van der Waals surface area contributed by atoms with Crippen LogP contribution in [0.3, 0.4) is 0 Å². The van der Waals surface area contributed by atoms with E-state index in [9.17, 15) is 14.9 Å². The molecule has 2 rings (SSSR count). The third-order valence-corrected chi connectivity index (χ3v) is 3.68. The molecule has 0 aliphatic carbocycles. The zero-order valence-electron chi connectivity index (χ0n) is 13.1. The van der Waals surface area contributed by atoms with Crippen LogP contribution in [-0.4, -0.2) is 34.0 Å². The van der Waals surface area contributed by atoms with Crippen molar-refractivity contribution in [3.05, 3.63) is 51.2 Å². The van der Waals surface area contributed by atoms with Gasteiger partial charge in [-0.25, -0.2) is 0 Å². The van der Waals surface area contributed by atoms with Crippen molar-refractivity contribution in [3.63, 3.8) is 0 Å². The molecule has 7 nitrogen and oxygen atoms in total.